The molecule has 1 fully saturated rings. The summed E-state index contributed by atoms with van der Waals surface area (Å²) in [5.41, 5.74) is 3.17. The van der Waals surface area contributed by atoms with Gasteiger partial charge >= 0.3 is 5.97 Å². The first kappa shape index (κ1) is 21.7. The number of methoxy groups -OCH3 is 1. The van der Waals surface area contributed by atoms with E-state index in [0.717, 1.165) is 37.1 Å². The topological polar surface area (TPSA) is 97.6 Å². The van der Waals surface area contributed by atoms with Gasteiger partial charge in [-0.15, -0.1) is 0 Å². The zero-order chi connectivity index (χ0) is 22.5. The van der Waals surface area contributed by atoms with Crippen molar-refractivity contribution in [3.8, 4) is 11.5 Å². The second-order valence-corrected chi connectivity index (χ2v) is 7.99. The highest BCUT2D eigenvalue weighted by atomic mass is 16.5. The molecule has 0 aliphatic carbocycles. The van der Waals surface area contributed by atoms with E-state index in [4.69, 9.17) is 4.52 Å². The number of nitrogens with zero attached hydrogens (tertiary/aromatic N) is 3. The molecule has 2 heterocycles. The lowest BCUT2D eigenvalue weighted by Crippen LogP contribution is -2.38. The zero-order valence-corrected chi connectivity index (χ0v) is 18.2. The van der Waals surface area contributed by atoms with Crippen LogP contribution in [0.2, 0.25) is 0 Å². The highest BCUT2D eigenvalue weighted by Gasteiger charge is 2.26. The first-order valence-electron chi connectivity index (χ1n) is 10.6. The number of carbonyl (C=O) groups excluding carboxylic acids is 2. The predicted octanol–water partition coefficient (Wildman–Crippen LogP) is 3.68. The number of hydrogen-bond donors (Lipinski definition) is 1. The molecule has 1 N–H and O–H groups in total. The second kappa shape index (κ2) is 9.74. The lowest BCUT2D eigenvalue weighted by Gasteiger charge is -2.30. The van der Waals surface area contributed by atoms with Crippen LogP contribution in [0.1, 0.15) is 34.6 Å². The van der Waals surface area contributed by atoms with Crippen LogP contribution in [-0.4, -0.2) is 47.1 Å². The van der Waals surface area contributed by atoms with E-state index in [1.54, 1.807) is 24.3 Å². The summed E-state index contributed by atoms with van der Waals surface area (Å²) < 4.78 is 10.1. The van der Waals surface area contributed by atoms with Crippen LogP contribution >= 0.6 is 0 Å². The monoisotopic (exact) mass is 434 g/mol. The summed E-state index contributed by atoms with van der Waals surface area (Å²) in [6.07, 6.45) is 1.52. The van der Waals surface area contributed by atoms with Crippen molar-refractivity contribution in [1.29, 1.82) is 0 Å². The molecule has 32 heavy (non-hydrogen) atoms. The van der Waals surface area contributed by atoms with Gasteiger partial charge in [-0.3, -0.25) is 9.69 Å². The van der Waals surface area contributed by atoms with Crippen LogP contribution in [0.5, 0.6) is 0 Å². The van der Waals surface area contributed by atoms with E-state index >= 15 is 0 Å². The third kappa shape index (κ3) is 5.20. The van der Waals surface area contributed by atoms with Gasteiger partial charge in [0.15, 0.2) is 5.82 Å². The van der Waals surface area contributed by atoms with Crippen LogP contribution in [0.15, 0.2) is 53.1 Å². The third-order valence-corrected chi connectivity index (χ3v) is 5.63. The Labute approximate surface area is 186 Å². The quantitative estimate of drug-likeness (QED) is 0.591. The van der Waals surface area contributed by atoms with Crippen molar-refractivity contribution in [2.24, 2.45) is 5.92 Å². The van der Waals surface area contributed by atoms with E-state index in [1.165, 1.54) is 7.11 Å². The lowest BCUT2D eigenvalue weighted by molar-refractivity contribution is -0.121. The molecule has 8 heteroatoms. The van der Waals surface area contributed by atoms with Gasteiger partial charge in [0.05, 0.1) is 19.2 Å². The number of aromatic nitrogens is 2. The summed E-state index contributed by atoms with van der Waals surface area (Å²) in [5, 5.41) is 7.05. The molecule has 1 amide bonds. The van der Waals surface area contributed by atoms with Gasteiger partial charge in [0.25, 0.3) is 5.89 Å². The van der Waals surface area contributed by atoms with Crippen molar-refractivity contribution in [2.45, 2.75) is 26.3 Å². The average molecular weight is 434 g/mol. The summed E-state index contributed by atoms with van der Waals surface area (Å²) in [4.78, 5) is 30.9. The maximum atomic E-state index is 12.6. The van der Waals surface area contributed by atoms with Crippen LogP contribution < -0.4 is 5.32 Å². The van der Waals surface area contributed by atoms with Crippen LogP contribution in [0.25, 0.3) is 11.5 Å². The normalized spacial score (nSPS) is 14.8. The predicted molar refractivity (Wildman–Crippen MR) is 119 cm³/mol. The number of hydrogen-bond acceptors (Lipinski definition) is 7. The van der Waals surface area contributed by atoms with Crippen molar-refractivity contribution in [2.75, 3.05) is 25.5 Å². The Hall–Kier alpha value is -3.52. The number of carbonyl (C=O) groups is 2. The first-order chi connectivity index (χ1) is 15.5. The molecule has 1 aliphatic heterocycles. The molecule has 1 saturated heterocycles. The van der Waals surface area contributed by atoms with E-state index in [-0.39, 0.29) is 11.8 Å². The minimum absolute atomic E-state index is 0.00300. The first-order valence-corrected chi connectivity index (χ1v) is 10.6. The number of rotatable bonds is 6. The summed E-state index contributed by atoms with van der Waals surface area (Å²) >= 11 is 0. The van der Waals surface area contributed by atoms with Gasteiger partial charge in [0, 0.05) is 17.2 Å². The molecule has 0 atom stereocenters. The number of likely N-dealkylation sites (tertiary alicyclic amines) is 1. The van der Waals surface area contributed by atoms with E-state index in [2.05, 4.69) is 25.1 Å². The SMILES string of the molecule is COC(=O)c1ccc(NC(=O)C2CCN(Cc3noc(-c4cccc(C)c4)n3)CC2)cc1. The van der Waals surface area contributed by atoms with E-state index in [9.17, 15) is 9.59 Å². The summed E-state index contributed by atoms with van der Waals surface area (Å²) in [6.45, 7) is 4.19. The van der Waals surface area contributed by atoms with Gasteiger partial charge < -0.3 is 14.6 Å². The number of ether oxygens (including phenoxy) is 1. The number of nitrogens with one attached hydrogen (secondary N) is 1. The molecule has 0 radical (unpaired) electrons. The molecule has 0 saturated carbocycles. The summed E-state index contributed by atoms with van der Waals surface area (Å²) in [7, 11) is 1.34. The van der Waals surface area contributed by atoms with Crippen molar-refractivity contribution in [3.63, 3.8) is 0 Å². The number of esters is 1. The molecule has 0 bridgehead atoms. The number of benzene rings is 2. The Morgan fingerprint density at radius 1 is 1.16 bits per heavy atom. The molecule has 2 aromatic carbocycles. The lowest BCUT2D eigenvalue weighted by atomic mass is 9.95. The fourth-order valence-corrected chi connectivity index (χ4v) is 3.82. The number of aryl methyl sites for hydroxylation is 1. The Morgan fingerprint density at radius 2 is 1.91 bits per heavy atom. The number of amides is 1. The molecule has 1 aliphatic rings. The van der Waals surface area contributed by atoms with E-state index in [0.29, 0.717) is 29.5 Å². The molecule has 1 aromatic heterocycles. The third-order valence-electron chi connectivity index (χ3n) is 5.63. The van der Waals surface area contributed by atoms with Crippen molar-refractivity contribution < 1.29 is 18.8 Å². The van der Waals surface area contributed by atoms with Gasteiger partial charge in [0.2, 0.25) is 5.91 Å². The minimum Gasteiger partial charge on any atom is -0.465 e. The van der Waals surface area contributed by atoms with Gasteiger partial charge in [0.1, 0.15) is 0 Å². The molecular formula is C24H26N4O4. The Morgan fingerprint density at radius 3 is 2.59 bits per heavy atom. The maximum absolute atomic E-state index is 12.6. The Balaban J connectivity index is 1.27. The van der Waals surface area contributed by atoms with E-state index in [1.807, 2.05) is 31.2 Å². The molecule has 0 spiro atoms. The number of piperidine rings is 1. The molecule has 8 nitrogen and oxygen atoms in total. The summed E-state index contributed by atoms with van der Waals surface area (Å²) in [6, 6.07) is 14.7. The van der Waals surface area contributed by atoms with Crippen molar-refractivity contribution in [3.05, 3.63) is 65.5 Å². The fourth-order valence-electron chi connectivity index (χ4n) is 3.82. The van der Waals surface area contributed by atoms with Crippen molar-refractivity contribution in [1.82, 2.24) is 15.0 Å². The number of anilines is 1. The molecule has 3 aromatic rings. The highest BCUT2D eigenvalue weighted by molar-refractivity contribution is 5.94. The summed E-state index contributed by atoms with van der Waals surface area (Å²) in [5.74, 6) is 0.713. The van der Waals surface area contributed by atoms with Crippen molar-refractivity contribution >= 4 is 17.6 Å². The maximum Gasteiger partial charge on any atom is 0.337 e. The fraction of sp³-hybridized carbons (Fsp3) is 0.333. The van der Waals surface area contributed by atoms with Crippen LogP contribution in [0.3, 0.4) is 0 Å². The molecular weight excluding hydrogens is 408 g/mol. The second-order valence-electron chi connectivity index (χ2n) is 7.99. The van der Waals surface area contributed by atoms with Gasteiger partial charge in [-0.1, -0.05) is 22.9 Å². The highest BCUT2D eigenvalue weighted by Crippen LogP contribution is 2.22. The van der Waals surface area contributed by atoms with Gasteiger partial charge in [-0.2, -0.15) is 4.98 Å². The molecule has 166 valence electrons. The van der Waals surface area contributed by atoms with Crippen LogP contribution in [0.4, 0.5) is 5.69 Å². The zero-order valence-electron chi connectivity index (χ0n) is 18.2. The van der Waals surface area contributed by atoms with Gasteiger partial charge in [-0.05, 0) is 69.3 Å². The van der Waals surface area contributed by atoms with Crippen LogP contribution in [0, 0.1) is 12.8 Å². The largest absolute Gasteiger partial charge is 0.465 e. The molecule has 4 rings (SSSR count). The van der Waals surface area contributed by atoms with Gasteiger partial charge in [-0.25, -0.2) is 4.79 Å². The Bertz CT molecular complexity index is 1090. The standard InChI is InChI=1S/C24H26N4O4/c1-16-4-3-5-19(14-16)23-26-21(27-32-23)15-28-12-10-17(11-13-28)22(29)25-20-8-6-18(7-9-20)24(30)31-2/h3-9,14,17H,10-13,15H2,1-2H3,(H,25,29). The van der Waals surface area contributed by atoms with Crippen LogP contribution in [-0.2, 0) is 16.1 Å². The molecule has 0 unspecified atom stereocenters. The minimum atomic E-state index is -0.400. The smallest absolute Gasteiger partial charge is 0.337 e. The Kier molecular flexibility index (Phi) is 6.61. The average Bonchev–Trinajstić information content (AvgIpc) is 3.28. The van der Waals surface area contributed by atoms with E-state index < -0.39 is 5.97 Å².